The SMILES string of the molecule is C[SiH](C)N(CCc1ccccc1)C(F)(F)C(F)(F)F. The molecule has 0 N–H and O–H groups in total. The first-order chi connectivity index (χ1) is 8.66. The minimum atomic E-state index is -5.53. The quantitative estimate of drug-likeness (QED) is 0.455. The van der Waals surface area contributed by atoms with Gasteiger partial charge in [0.05, 0.1) is 0 Å². The van der Waals surface area contributed by atoms with E-state index >= 15 is 0 Å². The summed E-state index contributed by atoms with van der Waals surface area (Å²) in [5.74, 6) is 0. The molecule has 0 fully saturated rings. The fourth-order valence-corrected chi connectivity index (χ4v) is 3.22. The van der Waals surface area contributed by atoms with Crippen molar-refractivity contribution in [3.05, 3.63) is 35.9 Å². The molecule has 1 aromatic carbocycles. The van der Waals surface area contributed by atoms with E-state index < -0.39 is 21.2 Å². The van der Waals surface area contributed by atoms with Crippen molar-refractivity contribution in [2.24, 2.45) is 0 Å². The zero-order valence-electron chi connectivity index (χ0n) is 10.7. The maximum Gasteiger partial charge on any atom is 0.468 e. The Balaban J connectivity index is 2.80. The molecular weight excluding hydrogens is 281 g/mol. The Morgan fingerprint density at radius 3 is 1.95 bits per heavy atom. The highest BCUT2D eigenvalue weighted by Crippen LogP contribution is 2.38. The zero-order valence-corrected chi connectivity index (χ0v) is 11.9. The van der Waals surface area contributed by atoms with Crippen LogP contribution in [-0.4, -0.2) is 32.3 Å². The van der Waals surface area contributed by atoms with Crippen LogP contribution in [0.3, 0.4) is 0 Å². The lowest BCUT2D eigenvalue weighted by molar-refractivity contribution is -0.324. The number of hydrogen-bond donors (Lipinski definition) is 0. The van der Waals surface area contributed by atoms with Crippen molar-refractivity contribution in [3.8, 4) is 0 Å². The summed E-state index contributed by atoms with van der Waals surface area (Å²) in [5, 5.41) is 0. The van der Waals surface area contributed by atoms with Crippen LogP contribution in [0.5, 0.6) is 0 Å². The fourth-order valence-electron chi connectivity index (χ4n) is 1.78. The molecule has 0 aliphatic heterocycles. The number of alkyl halides is 5. The maximum absolute atomic E-state index is 13.4. The van der Waals surface area contributed by atoms with Gasteiger partial charge < -0.3 is 0 Å². The third-order valence-corrected chi connectivity index (χ3v) is 4.64. The summed E-state index contributed by atoms with van der Waals surface area (Å²) in [6, 6.07) is 3.91. The Labute approximate surface area is 110 Å². The van der Waals surface area contributed by atoms with Gasteiger partial charge in [0.15, 0.2) is 0 Å². The molecule has 0 atom stereocenters. The molecule has 0 bridgehead atoms. The summed E-state index contributed by atoms with van der Waals surface area (Å²) < 4.78 is 64.3. The van der Waals surface area contributed by atoms with E-state index in [-0.39, 0.29) is 13.0 Å². The van der Waals surface area contributed by atoms with E-state index in [4.69, 9.17) is 0 Å². The van der Waals surface area contributed by atoms with Crippen molar-refractivity contribution in [1.29, 1.82) is 0 Å². The molecule has 0 spiro atoms. The molecule has 0 unspecified atom stereocenters. The smallest absolute Gasteiger partial charge is 0.262 e. The Hall–Kier alpha value is -0.953. The van der Waals surface area contributed by atoms with Gasteiger partial charge in [-0.2, -0.15) is 22.0 Å². The molecule has 0 radical (unpaired) electrons. The van der Waals surface area contributed by atoms with E-state index in [1.54, 1.807) is 30.3 Å². The molecular formula is C12H16F5NSi. The molecule has 1 aromatic rings. The Morgan fingerprint density at radius 2 is 1.53 bits per heavy atom. The number of benzene rings is 1. The predicted molar refractivity (Wildman–Crippen MR) is 66.7 cm³/mol. The van der Waals surface area contributed by atoms with Crippen LogP contribution in [0.1, 0.15) is 5.56 Å². The molecule has 0 amide bonds. The summed E-state index contributed by atoms with van der Waals surface area (Å²) in [5.41, 5.74) is 0.750. The van der Waals surface area contributed by atoms with Crippen molar-refractivity contribution in [3.63, 3.8) is 0 Å². The molecule has 1 nitrogen and oxygen atoms in total. The monoisotopic (exact) mass is 297 g/mol. The highest BCUT2D eigenvalue weighted by molar-refractivity contribution is 6.52. The minimum Gasteiger partial charge on any atom is -0.262 e. The van der Waals surface area contributed by atoms with Crippen LogP contribution in [0.4, 0.5) is 22.0 Å². The first-order valence-electron chi connectivity index (χ1n) is 5.91. The summed E-state index contributed by atoms with van der Waals surface area (Å²) >= 11 is 0. The van der Waals surface area contributed by atoms with E-state index in [1.807, 2.05) is 0 Å². The topological polar surface area (TPSA) is 3.24 Å². The third-order valence-electron chi connectivity index (χ3n) is 2.81. The summed E-state index contributed by atoms with van der Waals surface area (Å²) in [6.07, 6.45) is -5.35. The second-order valence-corrected chi connectivity index (χ2v) is 7.37. The van der Waals surface area contributed by atoms with Gasteiger partial charge in [0, 0.05) is 6.54 Å². The van der Waals surface area contributed by atoms with Gasteiger partial charge in [-0.1, -0.05) is 43.4 Å². The van der Waals surface area contributed by atoms with Crippen molar-refractivity contribution >= 4 is 8.96 Å². The van der Waals surface area contributed by atoms with Gasteiger partial charge in [0.25, 0.3) is 0 Å². The number of nitrogens with zero attached hydrogens (tertiary/aromatic N) is 1. The predicted octanol–water partition coefficient (Wildman–Crippen LogP) is 3.67. The van der Waals surface area contributed by atoms with E-state index in [0.29, 0.717) is 4.57 Å². The molecule has 1 rings (SSSR count). The molecule has 0 saturated carbocycles. The Kier molecular flexibility index (Phi) is 5.09. The fraction of sp³-hybridized carbons (Fsp3) is 0.500. The molecule has 0 aromatic heterocycles. The van der Waals surface area contributed by atoms with Gasteiger partial charge in [0.2, 0.25) is 0 Å². The summed E-state index contributed by atoms with van der Waals surface area (Å²) in [6.45, 7) is 2.63. The van der Waals surface area contributed by atoms with Gasteiger partial charge >= 0.3 is 12.2 Å². The molecule has 0 heterocycles. The second kappa shape index (κ2) is 6.00. The Bertz CT molecular complexity index is 391. The molecule has 0 saturated heterocycles. The van der Waals surface area contributed by atoms with E-state index in [0.717, 1.165) is 5.56 Å². The van der Waals surface area contributed by atoms with Crippen LogP contribution in [0.25, 0.3) is 0 Å². The maximum atomic E-state index is 13.4. The molecule has 19 heavy (non-hydrogen) atoms. The lowest BCUT2D eigenvalue weighted by Crippen LogP contribution is -2.57. The number of halogens is 5. The van der Waals surface area contributed by atoms with Gasteiger partial charge in [0.1, 0.15) is 8.96 Å². The van der Waals surface area contributed by atoms with E-state index in [2.05, 4.69) is 0 Å². The molecule has 108 valence electrons. The number of rotatable bonds is 5. The first-order valence-corrected chi connectivity index (χ1v) is 8.74. The molecule has 7 heteroatoms. The number of hydrogen-bond acceptors (Lipinski definition) is 1. The molecule has 0 aliphatic rings. The zero-order chi connectivity index (χ0) is 14.7. The van der Waals surface area contributed by atoms with Crippen molar-refractivity contribution < 1.29 is 22.0 Å². The summed E-state index contributed by atoms with van der Waals surface area (Å²) in [7, 11) is -2.29. The minimum absolute atomic E-state index is 0.178. The van der Waals surface area contributed by atoms with Gasteiger partial charge in [-0.05, 0) is 12.0 Å². The van der Waals surface area contributed by atoms with E-state index in [1.165, 1.54) is 13.1 Å². The average Bonchev–Trinajstić information content (AvgIpc) is 2.28. The van der Waals surface area contributed by atoms with Gasteiger partial charge in [-0.25, -0.2) is 0 Å². The van der Waals surface area contributed by atoms with Crippen molar-refractivity contribution in [2.75, 3.05) is 6.54 Å². The second-order valence-electron chi connectivity index (χ2n) is 4.56. The highest BCUT2D eigenvalue weighted by Gasteiger charge is 2.61. The van der Waals surface area contributed by atoms with Crippen molar-refractivity contribution in [1.82, 2.24) is 4.57 Å². The normalized spacial score (nSPS) is 13.3. The lowest BCUT2D eigenvalue weighted by atomic mass is 10.1. The van der Waals surface area contributed by atoms with Crippen molar-refractivity contribution in [2.45, 2.75) is 31.7 Å². The lowest BCUT2D eigenvalue weighted by Gasteiger charge is -2.35. The third kappa shape index (κ3) is 4.00. The van der Waals surface area contributed by atoms with Crippen LogP contribution >= 0.6 is 0 Å². The van der Waals surface area contributed by atoms with E-state index in [9.17, 15) is 22.0 Å². The standard InChI is InChI=1S/C12H16F5NSi/c1-19(2)18(12(16,17)11(13,14)15)9-8-10-6-4-3-5-7-10/h3-7,19H,8-9H2,1-2H3. The average molecular weight is 297 g/mol. The van der Waals surface area contributed by atoms with Crippen LogP contribution in [-0.2, 0) is 6.42 Å². The van der Waals surface area contributed by atoms with Crippen LogP contribution in [0, 0.1) is 0 Å². The van der Waals surface area contributed by atoms with Crippen LogP contribution in [0.15, 0.2) is 30.3 Å². The molecule has 0 aliphatic carbocycles. The van der Waals surface area contributed by atoms with Crippen LogP contribution in [0.2, 0.25) is 13.1 Å². The first kappa shape index (κ1) is 16.1. The van der Waals surface area contributed by atoms with Crippen LogP contribution < -0.4 is 0 Å². The highest BCUT2D eigenvalue weighted by atomic mass is 28.3. The van der Waals surface area contributed by atoms with Gasteiger partial charge in [-0.3, -0.25) is 4.57 Å². The largest absolute Gasteiger partial charge is 0.468 e. The Morgan fingerprint density at radius 1 is 1.00 bits per heavy atom. The van der Waals surface area contributed by atoms with Gasteiger partial charge in [-0.15, -0.1) is 0 Å². The summed E-state index contributed by atoms with van der Waals surface area (Å²) in [4.78, 5) is 0.